The van der Waals surface area contributed by atoms with Gasteiger partial charge in [0.05, 0.1) is 0 Å². The summed E-state index contributed by atoms with van der Waals surface area (Å²) in [7, 11) is 0. The first-order valence-corrected chi connectivity index (χ1v) is 4.83. The molecule has 68 valence electrons. The van der Waals surface area contributed by atoms with E-state index < -0.39 is 0 Å². The third kappa shape index (κ3) is 0.681. The lowest BCUT2D eigenvalue weighted by molar-refractivity contribution is -0.246. The molecule has 3 aliphatic carbocycles. The zero-order chi connectivity index (χ0) is 9.20. The largest absolute Gasteiger partial charge is 0.299 e. The van der Waals surface area contributed by atoms with Gasteiger partial charge in [-0.2, -0.15) is 0 Å². The smallest absolute Gasteiger partial charge is 0.136 e. The molecule has 3 aliphatic rings. The highest BCUT2D eigenvalue weighted by Crippen LogP contribution is 2.79. The zero-order valence-electron chi connectivity index (χ0n) is 8.53. The molecule has 0 saturated heterocycles. The van der Waals surface area contributed by atoms with E-state index in [4.69, 9.17) is 0 Å². The first kappa shape index (κ1) is 8.28. The van der Waals surface area contributed by atoms with Crippen LogP contribution in [0.2, 0.25) is 0 Å². The molecule has 0 aromatic heterocycles. The molecule has 0 aliphatic heterocycles. The van der Waals surface area contributed by atoms with E-state index in [1.54, 1.807) is 6.92 Å². The molecule has 3 saturated carbocycles. The predicted octanol–water partition coefficient (Wildman–Crippen LogP) is 2.79. The monoisotopic (exact) mass is 166 g/mol. The van der Waals surface area contributed by atoms with Crippen molar-refractivity contribution in [3.63, 3.8) is 0 Å². The Labute approximate surface area is 74.5 Å². The first-order valence-electron chi connectivity index (χ1n) is 4.83. The summed E-state index contributed by atoms with van der Waals surface area (Å²) >= 11 is 0. The third-order valence-electron chi connectivity index (χ3n) is 4.37. The van der Waals surface area contributed by atoms with Crippen LogP contribution in [-0.2, 0) is 4.79 Å². The summed E-state index contributed by atoms with van der Waals surface area (Å²) in [6.07, 6.45) is 3.50. The maximum Gasteiger partial charge on any atom is 0.136 e. The van der Waals surface area contributed by atoms with Gasteiger partial charge in [-0.1, -0.05) is 20.8 Å². The molecule has 0 amide bonds. The molecule has 12 heavy (non-hydrogen) atoms. The lowest BCUT2D eigenvalue weighted by atomic mass is 9.28. The summed E-state index contributed by atoms with van der Waals surface area (Å²) in [5.74, 6) is 0.425. The van der Waals surface area contributed by atoms with Gasteiger partial charge in [0.1, 0.15) is 5.78 Å². The van der Waals surface area contributed by atoms with Gasteiger partial charge in [-0.25, -0.2) is 0 Å². The normalized spacial score (nSPS) is 44.7. The Balaban J connectivity index is 2.09. The van der Waals surface area contributed by atoms with E-state index in [1.807, 2.05) is 0 Å². The summed E-state index contributed by atoms with van der Waals surface area (Å²) in [5.41, 5.74) is 1.08. The molecular formula is C11H18O. The molecule has 3 fully saturated rings. The molecule has 0 N–H and O–H groups in total. The minimum atomic E-state index is 0.146. The van der Waals surface area contributed by atoms with Crippen molar-refractivity contribution in [1.82, 2.24) is 0 Å². The number of hydrogen-bond donors (Lipinski definition) is 0. The van der Waals surface area contributed by atoms with Gasteiger partial charge in [-0.15, -0.1) is 0 Å². The van der Waals surface area contributed by atoms with Crippen LogP contribution in [0.3, 0.4) is 0 Å². The average molecular weight is 166 g/mol. The van der Waals surface area contributed by atoms with Gasteiger partial charge in [0.2, 0.25) is 0 Å². The van der Waals surface area contributed by atoms with Crippen molar-refractivity contribution in [3.05, 3.63) is 0 Å². The number of ketones is 1. The Bertz CT molecular complexity index is 224. The van der Waals surface area contributed by atoms with Gasteiger partial charge in [0, 0.05) is 5.41 Å². The number of carbonyl (C=O) groups excluding carboxylic acids is 1. The van der Waals surface area contributed by atoms with Crippen molar-refractivity contribution < 1.29 is 4.79 Å². The fourth-order valence-corrected chi connectivity index (χ4v) is 2.96. The number of rotatable bonds is 1. The molecular weight excluding hydrogens is 148 g/mol. The number of carbonyl (C=O) groups is 1. The van der Waals surface area contributed by atoms with Crippen LogP contribution in [-0.4, -0.2) is 5.78 Å². The van der Waals surface area contributed by atoms with Gasteiger partial charge in [0.15, 0.2) is 0 Å². The van der Waals surface area contributed by atoms with Crippen LogP contribution in [0.1, 0.15) is 47.0 Å². The van der Waals surface area contributed by atoms with Gasteiger partial charge in [-0.05, 0) is 37.0 Å². The standard InChI is InChI=1S/C11H18O/c1-8(12)10-5-11(6-10,7-10)9(2,3)4/h5-7H2,1-4H3. The van der Waals surface area contributed by atoms with E-state index in [9.17, 15) is 4.79 Å². The molecule has 0 aromatic carbocycles. The number of hydrogen-bond acceptors (Lipinski definition) is 1. The molecule has 3 rings (SSSR count). The highest BCUT2D eigenvalue weighted by atomic mass is 16.1. The first-order chi connectivity index (χ1) is 5.31. The Hall–Kier alpha value is -0.330. The van der Waals surface area contributed by atoms with Crippen LogP contribution < -0.4 is 0 Å². The van der Waals surface area contributed by atoms with Gasteiger partial charge >= 0.3 is 0 Å². The number of Topliss-reactive ketones (excluding diaryl/α,β-unsaturated/α-hetero) is 1. The van der Waals surface area contributed by atoms with E-state index >= 15 is 0 Å². The predicted molar refractivity (Wildman–Crippen MR) is 48.9 cm³/mol. The quantitative estimate of drug-likeness (QED) is 0.585. The van der Waals surface area contributed by atoms with Crippen LogP contribution in [0.4, 0.5) is 0 Å². The summed E-state index contributed by atoms with van der Waals surface area (Å²) in [6.45, 7) is 8.66. The summed E-state index contributed by atoms with van der Waals surface area (Å²) < 4.78 is 0. The van der Waals surface area contributed by atoms with Crippen molar-refractivity contribution in [2.75, 3.05) is 0 Å². The third-order valence-corrected chi connectivity index (χ3v) is 4.37. The van der Waals surface area contributed by atoms with Gasteiger partial charge in [-0.3, -0.25) is 4.79 Å². The van der Waals surface area contributed by atoms with Crippen molar-refractivity contribution in [2.45, 2.75) is 47.0 Å². The van der Waals surface area contributed by atoms with E-state index in [2.05, 4.69) is 20.8 Å². The summed E-state index contributed by atoms with van der Waals surface area (Å²) in [4.78, 5) is 11.3. The Morgan fingerprint density at radius 2 is 1.58 bits per heavy atom. The SMILES string of the molecule is CC(=O)C12CC(C(C)(C)C)(C1)C2. The lowest BCUT2D eigenvalue weighted by Crippen LogP contribution is -2.69. The molecule has 0 spiro atoms. The summed E-state index contributed by atoms with van der Waals surface area (Å²) in [5, 5.41) is 0. The minimum absolute atomic E-state index is 0.146. The molecule has 1 nitrogen and oxygen atoms in total. The van der Waals surface area contributed by atoms with Crippen LogP contribution >= 0.6 is 0 Å². The fourth-order valence-electron chi connectivity index (χ4n) is 2.96. The van der Waals surface area contributed by atoms with E-state index in [0.717, 1.165) is 0 Å². The van der Waals surface area contributed by atoms with E-state index in [-0.39, 0.29) is 5.41 Å². The molecule has 0 unspecified atom stereocenters. The Morgan fingerprint density at radius 3 is 1.83 bits per heavy atom. The highest BCUT2D eigenvalue weighted by molar-refractivity contribution is 5.86. The Morgan fingerprint density at radius 1 is 1.17 bits per heavy atom. The minimum Gasteiger partial charge on any atom is -0.299 e. The maximum absolute atomic E-state index is 11.3. The van der Waals surface area contributed by atoms with Crippen molar-refractivity contribution in [2.24, 2.45) is 16.2 Å². The topological polar surface area (TPSA) is 17.1 Å². The zero-order valence-corrected chi connectivity index (χ0v) is 8.53. The summed E-state index contributed by atoms with van der Waals surface area (Å²) in [6, 6.07) is 0. The van der Waals surface area contributed by atoms with Crippen molar-refractivity contribution >= 4 is 5.78 Å². The van der Waals surface area contributed by atoms with E-state index in [1.165, 1.54) is 19.3 Å². The van der Waals surface area contributed by atoms with Crippen molar-refractivity contribution in [1.29, 1.82) is 0 Å². The highest BCUT2D eigenvalue weighted by Gasteiger charge is 2.73. The van der Waals surface area contributed by atoms with Crippen LogP contribution in [0.5, 0.6) is 0 Å². The van der Waals surface area contributed by atoms with Gasteiger partial charge in [0.25, 0.3) is 0 Å². The lowest BCUT2D eigenvalue weighted by Gasteiger charge is -2.74. The molecule has 0 radical (unpaired) electrons. The molecule has 0 heterocycles. The fraction of sp³-hybridized carbons (Fsp3) is 0.909. The van der Waals surface area contributed by atoms with Crippen molar-refractivity contribution in [3.8, 4) is 0 Å². The van der Waals surface area contributed by atoms with Crippen LogP contribution in [0.15, 0.2) is 0 Å². The van der Waals surface area contributed by atoms with Crippen LogP contribution in [0, 0.1) is 16.2 Å². The second kappa shape index (κ2) is 1.78. The molecule has 1 heteroatoms. The average Bonchev–Trinajstić information content (AvgIpc) is 1.46. The second-order valence-electron chi connectivity index (χ2n) is 5.90. The molecule has 0 atom stereocenters. The van der Waals surface area contributed by atoms with Crippen LogP contribution in [0.25, 0.3) is 0 Å². The van der Waals surface area contributed by atoms with Gasteiger partial charge < -0.3 is 0 Å². The maximum atomic E-state index is 11.3. The molecule has 2 bridgehead atoms. The Kier molecular flexibility index (Phi) is 1.23. The molecule has 0 aromatic rings. The second-order valence-corrected chi connectivity index (χ2v) is 5.90. The van der Waals surface area contributed by atoms with E-state index in [0.29, 0.717) is 16.6 Å².